The van der Waals surface area contributed by atoms with Gasteiger partial charge >= 0.3 is 5.97 Å². The predicted molar refractivity (Wildman–Crippen MR) is 156 cm³/mol. The summed E-state index contributed by atoms with van der Waals surface area (Å²) in [5, 5.41) is 9.84. The maximum absolute atomic E-state index is 12.8. The monoisotopic (exact) mass is 516 g/mol. The third kappa shape index (κ3) is 9.57. The Hall–Kier alpha value is -2.67. The summed E-state index contributed by atoms with van der Waals surface area (Å²) in [7, 11) is 0. The molecule has 1 aromatic heterocycles. The molecule has 0 unspecified atom stereocenters. The Morgan fingerprint density at radius 1 is 0.895 bits per heavy atom. The minimum atomic E-state index is -0.271. The van der Waals surface area contributed by atoms with Crippen LogP contribution in [0.3, 0.4) is 0 Å². The van der Waals surface area contributed by atoms with Crippen LogP contribution in [-0.4, -0.2) is 17.1 Å². The molecule has 0 bridgehead atoms. The number of pyridine rings is 1. The average molecular weight is 517 g/mol. The van der Waals surface area contributed by atoms with Gasteiger partial charge in [0.05, 0.1) is 22.7 Å². The lowest BCUT2D eigenvalue weighted by Crippen LogP contribution is -2.31. The third-order valence-electron chi connectivity index (χ3n) is 8.22. The predicted octanol–water partition coefficient (Wildman–Crippen LogP) is 9.62. The van der Waals surface area contributed by atoms with Crippen LogP contribution in [0.15, 0.2) is 42.6 Å². The van der Waals surface area contributed by atoms with Crippen LogP contribution in [0, 0.1) is 16.7 Å². The van der Waals surface area contributed by atoms with E-state index in [1.54, 1.807) is 0 Å². The fourth-order valence-electron chi connectivity index (χ4n) is 5.60. The smallest absolute Gasteiger partial charge is 0.338 e. The Kier molecular flexibility index (Phi) is 12.8. The number of ether oxygens (including phenoxy) is 1. The zero-order valence-electron chi connectivity index (χ0n) is 23.9. The van der Waals surface area contributed by atoms with Gasteiger partial charge in [-0.05, 0) is 68.7 Å². The molecule has 206 valence electrons. The van der Waals surface area contributed by atoms with Gasteiger partial charge in [-0.1, -0.05) is 96.3 Å². The van der Waals surface area contributed by atoms with E-state index >= 15 is 0 Å². The van der Waals surface area contributed by atoms with Crippen molar-refractivity contribution in [3.05, 3.63) is 53.7 Å². The van der Waals surface area contributed by atoms with Gasteiger partial charge in [-0.25, -0.2) is 4.79 Å². The quantitative estimate of drug-likeness (QED) is 0.164. The van der Waals surface area contributed by atoms with Crippen LogP contribution in [0.1, 0.15) is 133 Å². The fourth-order valence-corrected chi connectivity index (χ4v) is 5.60. The molecule has 4 nitrogen and oxygen atoms in total. The summed E-state index contributed by atoms with van der Waals surface area (Å²) in [6.45, 7) is 4.47. The highest BCUT2D eigenvalue weighted by Crippen LogP contribution is 2.41. The van der Waals surface area contributed by atoms with E-state index in [1.807, 2.05) is 30.5 Å². The average Bonchev–Trinajstić information content (AvgIpc) is 2.96. The molecule has 1 aromatic carbocycles. The Balaban J connectivity index is 1.42. The van der Waals surface area contributed by atoms with E-state index in [0.717, 1.165) is 56.2 Å². The molecule has 1 saturated carbocycles. The number of aryl methyl sites for hydroxylation is 1. The first-order valence-corrected chi connectivity index (χ1v) is 15.3. The van der Waals surface area contributed by atoms with Crippen molar-refractivity contribution in [1.29, 1.82) is 5.26 Å². The lowest BCUT2D eigenvalue weighted by atomic mass is 9.71. The highest BCUT2D eigenvalue weighted by Gasteiger charge is 2.36. The van der Waals surface area contributed by atoms with E-state index in [0.29, 0.717) is 5.56 Å². The third-order valence-corrected chi connectivity index (χ3v) is 8.22. The van der Waals surface area contributed by atoms with Crippen LogP contribution in [-0.2, 0) is 11.2 Å². The molecule has 2 aromatic rings. The van der Waals surface area contributed by atoms with Gasteiger partial charge in [0.1, 0.15) is 6.10 Å². The summed E-state index contributed by atoms with van der Waals surface area (Å²) < 4.78 is 5.84. The lowest BCUT2D eigenvalue weighted by Gasteiger charge is -2.34. The first-order valence-electron chi connectivity index (χ1n) is 15.3. The lowest BCUT2D eigenvalue weighted by molar-refractivity contribution is 0.0105. The number of carbonyl (C=O) groups excluding carboxylic acids is 1. The molecule has 0 radical (unpaired) electrons. The molecule has 0 spiro atoms. The Morgan fingerprint density at radius 2 is 1.53 bits per heavy atom. The van der Waals surface area contributed by atoms with Gasteiger partial charge in [-0.3, -0.25) is 4.98 Å². The molecule has 0 saturated heterocycles. The van der Waals surface area contributed by atoms with Gasteiger partial charge in [0.25, 0.3) is 0 Å². The summed E-state index contributed by atoms with van der Waals surface area (Å²) in [5.74, 6) is -0.271. The zero-order chi connectivity index (χ0) is 27.1. The van der Waals surface area contributed by atoms with Crippen molar-refractivity contribution in [3.8, 4) is 17.3 Å². The van der Waals surface area contributed by atoms with Gasteiger partial charge in [0.15, 0.2) is 0 Å². The number of nitriles is 1. The molecule has 4 heteroatoms. The zero-order valence-corrected chi connectivity index (χ0v) is 23.9. The largest absolute Gasteiger partial charge is 0.459 e. The van der Waals surface area contributed by atoms with E-state index in [-0.39, 0.29) is 17.5 Å². The second-order valence-electron chi connectivity index (χ2n) is 11.3. The number of rotatable bonds is 16. The van der Waals surface area contributed by atoms with E-state index in [9.17, 15) is 10.1 Å². The molecule has 0 N–H and O–H groups in total. The van der Waals surface area contributed by atoms with Gasteiger partial charge in [0.2, 0.25) is 0 Å². The van der Waals surface area contributed by atoms with Crippen LogP contribution < -0.4 is 0 Å². The van der Waals surface area contributed by atoms with Crippen LogP contribution in [0.2, 0.25) is 0 Å². The van der Waals surface area contributed by atoms with Crippen LogP contribution in [0.5, 0.6) is 0 Å². The van der Waals surface area contributed by atoms with E-state index < -0.39 is 0 Å². The van der Waals surface area contributed by atoms with Crippen LogP contribution in [0.4, 0.5) is 0 Å². The number of aromatic nitrogens is 1. The summed E-state index contributed by atoms with van der Waals surface area (Å²) >= 11 is 0. The summed E-state index contributed by atoms with van der Waals surface area (Å²) in [6, 6.07) is 14.4. The summed E-state index contributed by atoms with van der Waals surface area (Å²) in [4.78, 5) is 17.4. The maximum Gasteiger partial charge on any atom is 0.338 e. The molecule has 0 amide bonds. The van der Waals surface area contributed by atoms with Crippen molar-refractivity contribution >= 4 is 5.97 Å². The standard InChI is InChI=1S/C34H48N2O2/c1-3-5-7-9-10-12-14-28-15-20-32(36-26-28)29-16-18-30(19-17-29)33(37)38-31-21-24-34(27-35,25-22-31)23-13-11-8-6-4-2/h15-20,26,31H,3-14,21-25H2,1-2H3. The number of nitrogens with zero attached hydrogens (tertiary/aromatic N) is 2. The van der Waals surface area contributed by atoms with Gasteiger partial charge in [-0.2, -0.15) is 5.26 Å². The number of carbonyl (C=O) groups is 1. The van der Waals surface area contributed by atoms with Crippen molar-refractivity contribution in [2.45, 2.75) is 129 Å². The second-order valence-corrected chi connectivity index (χ2v) is 11.3. The molecular weight excluding hydrogens is 468 g/mol. The van der Waals surface area contributed by atoms with E-state index in [4.69, 9.17) is 4.74 Å². The van der Waals surface area contributed by atoms with Gasteiger partial charge < -0.3 is 4.74 Å². The number of benzene rings is 1. The van der Waals surface area contributed by atoms with Gasteiger partial charge in [-0.15, -0.1) is 0 Å². The molecule has 0 atom stereocenters. The summed E-state index contributed by atoms with van der Waals surface area (Å²) in [5.41, 5.74) is 3.55. The van der Waals surface area contributed by atoms with Crippen molar-refractivity contribution in [1.82, 2.24) is 4.98 Å². The maximum atomic E-state index is 12.8. The number of esters is 1. The van der Waals surface area contributed by atoms with E-state index in [1.165, 1.54) is 69.8 Å². The number of hydrogen-bond acceptors (Lipinski definition) is 4. The minimum Gasteiger partial charge on any atom is -0.459 e. The highest BCUT2D eigenvalue weighted by molar-refractivity contribution is 5.90. The number of hydrogen-bond donors (Lipinski definition) is 0. The normalized spacial score (nSPS) is 19.1. The first-order chi connectivity index (χ1) is 18.6. The topological polar surface area (TPSA) is 63.0 Å². The Labute approximate surface area is 231 Å². The molecule has 1 heterocycles. The van der Waals surface area contributed by atoms with Crippen LogP contribution >= 0.6 is 0 Å². The minimum absolute atomic E-state index is 0.0930. The highest BCUT2D eigenvalue weighted by atomic mass is 16.5. The molecule has 3 rings (SSSR count). The summed E-state index contributed by atoms with van der Waals surface area (Å²) in [6.07, 6.45) is 21.1. The second kappa shape index (κ2) is 16.3. The Bertz CT molecular complexity index is 983. The fraction of sp³-hybridized carbons (Fsp3) is 0.618. The number of unbranched alkanes of at least 4 members (excludes halogenated alkanes) is 9. The van der Waals surface area contributed by atoms with Crippen molar-refractivity contribution in [3.63, 3.8) is 0 Å². The van der Waals surface area contributed by atoms with Crippen LogP contribution in [0.25, 0.3) is 11.3 Å². The Morgan fingerprint density at radius 3 is 2.13 bits per heavy atom. The van der Waals surface area contributed by atoms with Crippen molar-refractivity contribution in [2.75, 3.05) is 0 Å². The molecule has 38 heavy (non-hydrogen) atoms. The molecule has 1 fully saturated rings. The van der Waals surface area contributed by atoms with Crippen molar-refractivity contribution in [2.24, 2.45) is 5.41 Å². The SMILES string of the molecule is CCCCCCCCc1ccc(-c2ccc(C(=O)OC3CCC(C#N)(CCCCCCC)CC3)cc2)nc1. The van der Waals surface area contributed by atoms with Crippen molar-refractivity contribution < 1.29 is 9.53 Å². The molecule has 1 aliphatic rings. The van der Waals surface area contributed by atoms with E-state index in [2.05, 4.69) is 37.0 Å². The van der Waals surface area contributed by atoms with Gasteiger partial charge in [0, 0.05) is 11.8 Å². The molecule has 1 aliphatic carbocycles. The molecule has 0 aliphatic heterocycles. The first kappa shape index (κ1) is 29.9. The molecular formula is C34H48N2O2.